The van der Waals surface area contributed by atoms with Gasteiger partial charge in [-0.1, -0.05) is 364 Å². The van der Waals surface area contributed by atoms with E-state index in [1.54, 1.807) is 0 Å². The number of benzene rings is 18. The van der Waals surface area contributed by atoms with Gasteiger partial charge in [-0.05, 0) is 128 Å². The molecular weight excluding hydrogens is 1510 g/mol. The molecule has 10 heteroatoms. The molecule has 0 N–H and O–H groups in total. The highest BCUT2D eigenvalue weighted by molar-refractivity contribution is 6.19. The van der Waals surface area contributed by atoms with Crippen molar-refractivity contribution in [2.24, 2.45) is 0 Å². The predicted molar refractivity (Wildman–Crippen MR) is 508 cm³/mol. The van der Waals surface area contributed by atoms with Gasteiger partial charge in [0.05, 0.1) is 22.1 Å². The SMILES string of the molecule is c1ccc(-c2ccc(-c3nc(-c4ccc(-c5ccccc5)cc4)nc(-c4cccc5oc6c(-c7ccccc7)cc(-n7c8ccccc8c8ccccc87)cc6c45)n3)cc2)cc1.c1ccc(-c2cccc(-c3nc(-c4cccc(-c5ccccc5)c4)nc(-c4cccc5oc6c(-c7ccccc7)cc(-n7c8ccccc8c8ccccc87)cc6c45)n3)c2)cc1. The van der Waals surface area contributed by atoms with E-state index < -0.39 is 0 Å². The second kappa shape index (κ2) is 30.8. The van der Waals surface area contributed by atoms with Crippen molar-refractivity contribution in [1.29, 1.82) is 0 Å². The maximum Gasteiger partial charge on any atom is 0.164 e. The van der Waals surface area contributed by atoms with Crippen molar-refractivity contribution < 1.29 is 8.83 Å². The molecule has 0 aliphatic heterocycles. The highest BCUT2D eigenvalue weighted by atomic mass is 16.3. The zero-order valence-electron chi connectivity index (χ0n) is 67.0. The average Bonchev–Trinajstić information content (AvgIpc) is 1.57. The highest BCUT2D eigenvalue weighted by Crippen LogP contribution is 2.47. The first-order valence-electron chi connectivity index (χ1n) is 41.7. The first kappa shape index (κ1) is 72.4. The first-order chi connectivity index (χ1) is 61.5. The lowest BCUT2D eigenvalue weighted by Crippen LogP contribution is -2.01. The van der Waals surface area contributed by atoms with Crippen LogP contribution in [0.2, 0.25) is 0 Å². The predicted octanol–water partition coefficient (Wildman–Crippen LogP) is 29.7. The van der Waals surface area contributed by atoms with Crippen LogP contribution in [0.15, 0.2) is 446 Å². The Labute approximate surface area is 713 Å². The van der Waals surface area contributed by atoms with Crippen LogP contribution in [-0.4, -0.2) is 39.0 Å². The Bertz CT molecular complexity index is 7880. The van der Waals surface area contributed by atoms with Gasteiger partial charge < -0.3 is 18.0 Å². The fourth-order valence-corrected chi connectivity index (χ4v) is 17.9. The minimum atomic E-state index is 0.567. The summed E-state index contributed by atoms with van der Waals surface area (Å²) < 4.78 is 18.6. The molecule has 0 bridgehead atoms. The van der Waals surface area contributed by atoms with Crippen molar-refractivity contribution in [3.8, 4) is 146 Å². The van der Waals surface area contributed by atoms with Crippen LogP contribution in [0.4, 0.5) is 0 Å². The van der Waals surface area contributed by atoms with Crippen molar-refractivity contribution in [3.05, 3.63) is 437 Å². The molecule has 0 radical (unpaired) electrons. The van der Waals surface area contributed by atoms with Gasteiger partial charge in [-0.3, -0.25) is 0 Å². The van der Waals surface area contributed by atoms with Gasteiger partial charge in [0.1, 0.15) is 22.3 Å². The van der Waals surface area contributed by atoms with E-state index in [4.69, 9.17) is 38.7 Å². The molecule has 0 saturated heterocycles. The summed E-state index contributed by atoms with van der Waals surface area (Å²) in [6, 6.07) is 152. The molecule has 18 aromatic carbocycles. The lowest BCUT2D eigenvalue weighted by molar-refractivity contribution is 0.669. The molecule has 0 aliphatic rings. The van der Waals surface area contributed by atoms with Gasteiger partial charge >= 0.3 is 0 Å². The molecule has 0 fully saturated rings. The van der Waals surface area contributed by atoms with Crippen LogP contribution < -0.4 is 0 Å². The molecule has 0 amide bonds. The molecule has 0 unspecified atom stereocenters. The van der Waals surface area contributed by atoms with Crippen molar-refractivity contribution in [1.82, 2.24) is 39.0 Å². The zero-order chi connectivity index (χ0) is 82.0. The Morgan fingerprint density at radius 2 is 0.411 bits per heavy atom. The van der Waals surface area contributed by atoms with E-state index in [0.29, 0.717) is 34.9 Å². The highest BCUT2D eigenvalue weighted by Gasteiger charge is 2.26. The van der Waals surface area contributed by atoms with E-state index >= 15 is 0 Å². The van der Waals surface area contributed by atoms with Gasteiger partial charge in [0.25, 0.3) is 0 Å². The summed E-state index contributed by atoms with van der Waals surface area (Å²) in [4.78, 5) is 31.5. The number of nitrogens with zero attached hydrogens (tertiary/aromatic N) is 8. The number of para-hydroxylation sites is 4. The number of fused-ring (bicyclic) bond motifs is 12. The molecule has 0 aliphatic carbocycles. The van der Waals surface area contributed by atoms with Gasteiger partial charge in [-0.15, -0.1) is 0 Å². The molecule has 580 valence electrons. The van der Waals surface area contributed by atoms with Gasteiger partial charge in [-0.2, -0.15) is 0 Å². The van der Waals surface area contributed by atoms with Crippen LogP contribution >= 0.6 is 0 Å². The molecule has 6 heterocycles. The largest absolute Gasteiger partial charge is 0.455 e. The topological polar surface area (TPSA) is 113 Å². The lowest BCUT2D eigenvalue weighted by atomic mass is 9.99. The maximum absolute atomic E-state index is 6.93. The van der Waals surface area contributed by atoms with E-state index in [0.717, 1.165) is 177 Å². The van der Waals surface area contributed by atoms with Crippen LogP contribution in [0, 0.1) is 0 Å². The van der Waals surface area contributed by atoms with Gasteiger partial charge in [-0.25, -0.2) is 29.9 Å². The number of hydrogen-bond acceptors (Lipinski definition) is 8. The van der Waals surface area contributed by atoms with E-state index in [2.05, 4.69) is 397 Å². The molecule has 10 nitrogen and oxygen atoms in total. The van der Waals surface area contributed by atoms with E-state index in [9.17, 15) is 0 Å². The number of rotatable bonds is 14. The van der Waals surface area contributed by atoms with Crippen molar-refractivity contribution in [3.63, 3.8) is 0 Å². The molecular formula is C114H72N8O2. The zero-order valence-corrected chi connectivity index (χ0v) is 67.0. The summed E-state index contributed by atoms with van der Waals surface area (Å²) in [5.74, 6) is 3.51. The van der Waals surface area contributed by atoms with E-state index in [1.165, 1.54) is 21.5 Å². The molecule has 0 spiro atoms. The molecule has 6 aromatic heterocycles. The normalized spacial score (nSPS) is 11.5. The second-order valence-electron chi connectivity index (χ2n) is 31.2. The second-order valence-corrected chi connectivity index (χ2v) is 31.2. The summed E-state index contributed by atoms with van der Waals surface area (Å²) in [6.45, 7) is 0. The van der Waals surface area contributed by atoms with Crippen molar-refractivity contribution in [2.75, 3.05) is 0 Å². The van der Waals surface area contributed by atoms with Gasteiger partial charge in [0, 0.05) is 99.0 Å². The fraction of sp³-hybridized carbons (Fsp3) is 0. The summed E-state index contributed by atoms with van der Waals surface area (Å²) in [5.41, 5.74) is 28.3. The van der Waals surface area contributed by atoms with Crippen molar-refractivity contribution >= 4 is 87.5 Å². The lowest BCUT2D eigenvalue weighted by Gasteiger charge is -2.12. The minimum absolute atomic E-state index is 0.567. The van der Waals surface area contributed by atoms with Crippen LogP contribution in [0.1, 0.15) is 0 Å². The Hall–Kier alpha value is -16.8. The van der Waals surface area contributed by atoms with E-state index in [1.807, 2.05) is 48.5 Å². The summed E-state index contributed by atoms with van der Waals surface area (Å²) in [6.07, 6.45) is 0. The summed E-state index contributed by atoms with van der Waals surface area (Å²) in [7, 11) is 0. The third kappa shape index (κ3) is 13.1. The summed E-state index contributed by atoms with van der Waals surface area (Å²) in [5, 5.41) is 8.69. The Balaban J connectivity index is 0.000000143. The Kier molecular flexibility index (Phi) is 18.0. The molecule has 0 atom stereocenters. The molecule has 124 heavy (non-hydrogen) atoms. The summed E-state index contributed by atoms with van der Waals surface area (Å²) >= 11 is 0. The van der Waals surface area contributed by atoms with Crippen molar-refractivity contribution in [2.45, 2.75) is 0 Å². The number of hydrogen-bond donors (Lipinski definition) is 0. The molecule has 24 rings (SSSR count). The van der Waals surface area contributed by atoms with Crippen LogP contribution in [0.25, 0.3) is 234 Å². The maximum atomic E-state index is 6.93. The third-order valence-corrected chi connectivity index (χ3v) is 23.7. The van der Waals surface area contributed by atoms with Gasteiger partial charge in [0.15, 0.2) is 34.9 Å². The van der Waals surface area contributed by atoms with Crippen LogP contribution in [0.3, 0.4) is 0 Å². The van der Waals surface area contributed by atoms with E-state index in [-0.39, 0.29) is 0 Å². The monoisotopic (exact) mass is 1580 g/mol. The number of furan rings is 2. The Morgan fingerprint density at radius 1 is 0.161 bits per heavy atom. The quantitative estimate of drug-likeness (QED) is 0.106. The molecule has 0 saturated carbocycles. The molecule has 24 aromatic rings. The minimum Gasteiger partial charge on any atom is -0.455 e. The first-order valence-corrected chi connectivity index (χ1v) is 41.7. The average molecular weight is 1590 g/mol. The number of aromatic nitrogens is 8. The fourth-order valence-electron chi connectivity index (χ4n) is 17.9. The Morgan fingerprint density at radius 3 is 0.750 bits per heavy atom. The van der Waals surface area contributed by atoms with Gasteiger partial charge in [0.2, 0.25) is 0 Å². The van der Waals surface area contributed by atoms with Crippen LogP contribution in [-0.2, 0) is 0 Å². The smallest absolute Gasteiger partial charge is 0.164 e. The van der Waals surface area contributed by atoms with Crippen LogP contribution in [0.5, 0.6) is 0 Å². The third-order valence-electron chi connectivity index (χ3n) is 23.7. The standard InChI is InChI=1S/2C57H36N4O/c1-4-17-37(18-5-1)40-23-14-25-42(33-40)55-58-56(43-26-15-24-41(34-43)38-19-6-2-7-20-38)60-57(59-55)47-29-16-32-52-53(47)49-36-44(35-48(54(49)62-52)39-21-8-3-9-22-39)61-50-30-12-10-27-45(50)46-28-11-13-31-51(46)61;1-4-15-37(16-5-1)39-27-31-42(32-28-39)55-58-56(43-33-29-40(30-34-43)38-17-6-2-7-18-38)60-57(59-55)47-23-14-26-52-53(47)49-36-44(35-48(54(49)62-52)41-19-8-3-9-20-41)61-50-24-12-10-21-45(50)46-22-11-13-25-51(46)61/h2*1-36H.